The quantitative estimate of drug-likeness (QED) is 0.124. The third-order valence-electron chi connectivity index (χ3n) is 6.81. The summed E-state index contributed by atoms with van der Waals surface area (Å²) in [5.41, 5.74) is 5.05. The van der Waals surface area contributed by atoms with Crippen molar-refractivity contribution in [2.45, 2.75) is 0 Å². The minimum Gasteiger partial charge on any atom is -0.269 e. The average Bonchev–Trinajstić information content (AvgIpc) is 3.02. The molecule has 0 bridgehead atoms. The fraction of sp³-hybridized carbons (Fsp3) is 0.0286. The van der Waals surface area contributed by atoms with E-state index in [1.54, 1.807) is 0 Å². The lowest BCUT2D eigenvalue weighted by molar-refractivity contribution is 1.02. The van der Waals surface area contributed by atoms with Gasteiger partial charge in [-0.2, -0.15) is 10.2 Å². The van der Waals surface area contributed by atoms with Crippen molar-refractivity contribution >= 4 is 51.0 Å². The fourth-order valence-electron chi connectivity index (χ4n) is 4.87. The third kappa shape index (κ3) is 5.00. The minimum absolute atomic E-state index is 0.990. The van der Waals surface area contributed by atoms with Crippen LogP contribution < -0.4 is 10.0 Å². The monoisotopic (exact) mass is 504 g/mol. The number of hydrogen-bond acceptors (Lipinski definition) is 4. The van der Waals surface area contributed by atoms with Gasteiger partial charge in [0.1, 0.15) is 0 Å². The first-order valence-electron chi connectivity index (χ1n) is 13.0. The number of benzene rings is 6. The van der Waals surface area contributed by atoms with E-state index in [2.05, 4.69) is 84.9 Å². The highest BCUT2D eigenvalue weighted by Crippen LogP contribution is 2.32. The molecule has 0 N–H and O–H groups in total. The van der Waals surface area contributed by atoms with E-state index >= 15 is 0 Å². The van der Waals surface area contributed by atoms with E-state index in [0.717, 1.165) is 39.0 Å². The summed E-state index contributed by atoms with van der Waals surface area (Å²) in [5.74, 6) is 0. The van der Waals surface area contributed by atoms with Gasteiger partial charge < -0.3 is 0 Å². The maximum Gasteiger partial charge on any atom is 0.0652 e. The second kappa shape index (κ2) is 11.0. The number of rotatable bonds is 7. The smallest absolute Gasteiger partial charge is 0.0652 e. The van der Waals surface area contributed by atoms with Crippen LogP contribution in [0.1, 0.15) is 11.1 Å². The van der Waals surface area contributed by atoms with E-state index in [-0.39, 0.29) is 0 Å². The predicted molar refractivity (Wildman–Crippen MR) is 167 cm³/mol. The lowest BCUT2D eigenvalue weighted by Gasteiger charge is -2.20. The highest BCUT2D eigenvalue weighted by molar-refractivity contribution is 6.21. The van der Waals surface area contributed by atoms with Gasteiger partial charge in [-0.25, -0.2) is 5.01 Å². The zero-order chi connectivity index (χ0) is 26.4. The van der Waals surface area contributed by atoms with Gasteiger partial charge in [0.25, 0.3) is 0 Å². The first kappa shape index (κ1) is 24.1. The largest absolute Gasteiger partial charge is 0.269 e. The molecule has 188 valence electrons. The molecule has 0 fully saturated rings. The lowest BCUT2D eigenvalue weighted by Crippen LogP contribution is -2.11. The summed E-state index contributed by atoms with van der Waals surface area (Å²) in [6.07, 6.45) is 3.93. The Labute approximate surface area is 228 Å². The topological polar surface area (TPSA) is 31.2 Å². The SMILES string of the molecule is CN(/N=C/c1c(/C=N/N(c2ccccc2)c2ccccc2)c2ccccc2c2ccccc12)c1ccccc1. The summed E-state index contributed by atoms with van der Waals surface area (Å²) < 4.78 is 0. The molecule has 0 aliphatic heterocycles. The molecule has 6 aromatic rings. The summed E-state index contributed by atoms with van der Waals surface area (Å²) in [6, 6.07) is 47.6. The van der Waals surface area contributed by atoms with Crippen LogP contribution in [0.3, 0.4) is 0 Å². The Morgan fingerprint density at radius 2 is 0.769 bits per heavy atom. The molecule has 0 unspecified atom stereocenters. The van der Waals surface area contributed by atoms with Crippen LogP contribution in [0.5, 0.6) is 0 Å². The molecule has 4 heteroatoms. The summed E-state index contributed by atoms with van der Waals surface area (Å²) in [5, 5.41) is 18.4. The van der Waals surface area contributed by atoms with Gasteiger partial charge in [-0.05, 0) is 57.9 Å². The van der Waals surface area contributed by atoms with Gasteiger partial charge in [-0.3, -0.25) is 5.01 Å². The molecule has 0 radical (unpaired) electrons. The Morgan fingerprint density at radius 1 is 0.410 bits per heavy atom. The number of para-hydroxylation sites is 3. The number of nitrogens with zero attached hydrogens (tertiary/aromatic N) is 4. The van der Waals surface area contributed by atoms with Crippen LogP contribution in [-0.2, 0) is 0 Å². The van der Waals surface area contributed by atoms with Crippen molar-refractivity contribution in [1.29, 1.82) is 0 Å². The van der Waals surface area contributed by atoms with Crippen LogP contribution >= 0.6 is 0 Å². The molecule has 0 aliphatic rings. The molecule has 0 aromatic heterocycles. The molecule has 0 saturated carbocycles. The van der Waals surface area contributed by atoms with Crippen LogP contribution in [0.4, 0.5) is 17.1 Å². The van der Waals surface area contributed by atoms with Gasteiger partial charge in [-0.15, -0.1) is 0 Å². The van der Waals surface area contributed by atoms with E-state index < -0.39 is 0 Å². The van der Waals surface area contributed by atoms with Gasteiger partial charge in [0, 0.05) is 18.2 Å². The minimum atomic E-state index is 0.990. The molecule has 6 aromatic carbocycles. The second-order valence-electron chi connectivity index (χ2n) is 9.25. The summed E-state index contributed by atoms with van der Waals surface area (Å²) in [4.78, 5) is 0. The highest BCUT2D eigenvalue weighted by Gasteiger charge is 2.14. The standard InChI is InChI=1S/C35H28N4/c1-38(27-15-5-2-6-16-27)36-25-34-32-23-13-11-21-30(32)31-22-12-14-24-33(31)35(34)26-37-39(28-17-7-3-8-18-28)29-19-9-4-10-20-29/h2-26H,1H3/b36-25+,37-26+. The molecule has 0 spiro atoms. The fourth-order valence-corrected chi connectivity index (χ4v) is 4.87. The van der Waals surface area contributed by atoms with Crippen molar-refractivity contribution in [2.75, 3.05) is 17.1 Å². The van der Waals surface area contributed by atoms with Crippen molar-refractivity contribution in [2.24, 2.45) is 10.2 Å². The van der Waals surface area contributed by atoms with Crippen LogP contribution in [0.15, 0.2) is 150 Å². The van der Waals surface area contributed by atoms with Gasteiger partial charge >= 0.3 is 0 Å². The van der Waals surface area contributed by atoms with Gasteiger partial charge in [0.05, 0.1) is 29.5 Å². The summed E-state index contributed by atoms with van der Waals surface area (Å²) in [6.45, 7) is 0. The van der Waals surface area contributed by atoms with E-state index in [9.17, 15) is 0 Å². The van der Waals surface area contributed by atoms with E-state index in [4.69, 9.17) is 10.2 Å². The predicted octanol–water partition coefficient (Wildman–Crippen LogP) is 8.64. The van der Waals surface area contributed by atoms with Crippen molar-refractivity contribution < 1.29 is 0 Å². The van der Waals surface area contributed by atoms with Crippen LogP contribution in [0, 0.1) is 0 Å². The van der Waals surface area contributed by atoms with Gasteiger partial charge in [-0.1, -0.05) is 103 Å². The number of anilines is 3. The highest BCUT2D eigenvalue weighted by atomic mass is 15.5. The Balaban J connectivity index is 1.54. The van der Waals surface area contributed by atoms with Crippen LogP contribution in [-0.4, -0.2) is 19.5 Å². The maximum absolute atomic E-state index is 5.07. The Morgan fingerprint density at radius 3 is 1.23 bits per heavy atom. The van der Waals surface area contributed by atoms with Gasteiger partial charge in [0.15, 0.2) is 0 Å². The summed E-state index contributed by atoms with van der Waals surface area (Å²) in [7, 11) is 1.97. The molecule has 0 amide bonds. The zero-order valence-electron chi connectivity index (χ0n) is 21.7. The normalized spacial score (nSPS) is 11.5. The number of hydrazone groups is 2. The van der Waals surface area contributed by atoms with Gasteiger partial charge in [0.2, 0.25) is 0 Å². The first-order chi connectivity index (χ1) is 19.3. The molecule has 4 nitrogen and oxygen atoms in total. The summed E-state index contributed by atoms with van der Waals surface area (Å²) >= 11 is 0. The van der Waals surface area contributed by atoms with E-state index in [1.807, 2.05) is 84.1 Å². The number of fused-ring (bicyclic) bond motifs is 3. The number of hydrogen-bond donors (Lipinski definition) is 0. The first-order valence-corrected chi connectivity index (χ1v) is 13.0. The Bertz CT molecular complexity index is 1720. The maximum atomic E-state index is 5.07. The molecule has 0 aliphatic carbocycles. The molecular formula is C35H28N4. The van der Waals surface area contributed by atoms with Crippen molar-refractivity contribution in [3.05, 3.63) is 151 Å². The molecule has 0 atom stereocenters. The van der Waals surface area contributed by atoms with Crippen molar-refractivity contribution in [3.8, 4) is 0 Å². The Hall–Kier alpha value is -5.22. The molecular weight excluding hydrogens is 476 g/mol. The Kier molecular flexibility index (Phi) is 6.83. The molecule has 0 saturated heterocycles. The molecule has 6 rings (SSSR count). The van der Waals surface area contributed by atoms with E-state index in [0.29, 0.717) is 0 Å². The zero-order valence-corrected chi connectivity index (χ0v) is 21.7. The van der Waals surface area contributed by atoms with Crippen LogP contribution in [0.25, 0.3) is 21.5 Å². The average molecular weight is 505 g/mol. The van der Waals surface area contributed by atoms with Crippen molar-refractivity contribution in [3.63, 3.8) is 0 Å². The third-order valence-corrected chi connectivity index (χ3v) is 6.81. The second-order valence-corrected chi connectivity index (χ2v) is 9.25. The van der Waals surface area contributed by atoms with Crippen molar-refractivity contribution in [1.82, 2.24) is 0 Å². The van der Waals surface area contributed by atoms with Crippen LogP contribution in [0.2, 0.25) is 0 Å². The molecule has 0 heterocycles. The molecule has 39 heavy (non-hydrogen) atoms. The lowest BCUT2D eigenvalue weighted by atomic mass is 9.92. The van der Waals surface area contributed by atoms with E-state index in [1.165, 1.54) is 10.8 Å².